The highest BCUT2D eigenvalue weighted by molar-refractivity contribution is 7.14. The minimum absolute atomic E-state index is 0.0958. The molecule has 0 aliphatic carbocycles. The van der Waals surface area contributed by atoms with Gasteiger partial charge in [0.15, 0.2) is 5.13 Å². The summed E-state index contributed by atoms with van der Waals surface area (Å²) in [5.74, 6) is -0.640. The van der Waals surface area contributed by atoms with Crippen LogP contribution in [0.5, 0.6) is 0 Å². The van der Waals surface area contributed by atoms with Gasteiger partial charge in [0.2, 0.25) is 5.91 Å². The first-order valence-corrected chi connectivity index (χ1v) is 8.17. The third-order valence-electron chi connectivity index (χ3n) is 2.69. The van der Waals surface area contributed by atoms with Gasteiger partial charge < -0.3 is 4.74 Å². The number of rotatable bonds is 6. The highest BCUT2D eigenvalue weighted by Crippen LogP contribution is 2.16. The van der Waals surface area contributed by atoms with Crippen LogP contribution in [0.2, 0.25) is 5.02 Å². The van der Waals surface area contributed by atoms with E-state index in [0.29, 0.717) is 22.5 Å². The number of esters is 1. The smallest absolute Gasteiger partial charge is 0.311 e. The Hall–Kier alpha value is -2.18. The second kappa shape index (κ2) is 8.45. The molecule has 1 heterocycles. The molecule has 2 rings (SSSR count). The summed E-state index contributed by atoms with van der Waals surface area (Å²) < 4.78 is 4.85. The quantitative estimate of drug-likeness (QED) is 0.639. The summed E-state index contributed by atoms with van der Waals surface area (Å²) in [7, 11) is 0. The van der Waals surface area contributed by atoms with Crippen LogP contribution in [0.25, 0.3) is 6.08 Å². The van der Waals surface area contributed by atoms with Gasteiger partial charge in [0.1, 0.15) is 0 Å². The first-order chi connectivity index (χ1) is 11.1. The summed E-state index contributed by atoms with van der Waals surface area (Å²) in [5, 5.41) is 5.41. The lowest BCUT2D eigenvalue weighted by Gasteiger charge is -1.98. The van der Waals surface area contributed by atoms with Gasteiger partial charge in [-0.15, -0.1) is 11.3 Å². The molecule has 23 heavy (non-hydrogen) atoms. The Morgan fingerprint density at radius 3 is 3.00 bits per heavy atom. The molecule has 0 atom stereocenters. The topological polar surface area (TPSA) is 68.3 Å². The lowest BCUT2D eigenvalue weighted by molar-refractivity contribution is -0.142. The fourth-order valence-electron chi connectivity index (χ4n) is 1.73. The van der Waals surface area contributed by atoms with Gasteiger partial charge in [0, 0.05) is 16.5 Å². The number of ether oxygens (including phenoxy) is 1. The number of carbonyl (C=O) groups is 2. The molecule has 0 saturated carbocycles. The van der Waals surface area contributed by atoms with Crippen LogP contribution < -0.4 is 5.32 Å². The van der Waals surface area contributed by atoms with E-state index >= 15 is 0 Å². The number of thiazole rings is 1. The fraction of sp³-hybridized carbons (Fsp3) is 0.188. The van der Waals surface area contributed by atoms with E-state index in [-0.39, 0.29) is 18.3 Å². The van der Waals surface area contributed by atoms with Crippen LogP contribution in [-0.2, 0) is 20.7 Å². The van der Waals surface area contributed by atoms with Gasteiger partial charge in [-0.2, -0.15) is 0 Å². The largest absolute Gasteiger partial charge is 0.466 e. The number of hydrogen-bond acceptors (Lipinski definition) is 5. The zero-order valence-corrected chi connectivity index (χ0v) is 14.0. The predicted octanol–water partition coefficient (Wildman–Crippen LogP) is 3.55. The van der Waals surface area contributed by atoms with Crippen LogP contribution in [0.4, 0.5) is 5.13 Å². The van der Waals surface area contributed by atoms with E-state index in [2.05, 4.69) is 10.3 Å². The normalized spacial score (nSPS) is 10.7. The van der Waals surface area contributed by atoms with Gasteiger partial charge in [-0.05, 0) is 30.7 Å². The van der Waals surface area contributed by atoms with Crippen molar-refractivity contribution in [2.75, 3.05) is 11.9 Å². The molecule has 0 saturated heterocycles. The third-order valence-corrected chi connectivity index (χ3v) is 3.73. The Morgan fingerprint density at radius 1 is 1.43 bits per heavy atom. The van der Waals surface area contributed by atoms with E-state index in [0.717, 1.165) is 5.56 Å². The Balaban J connectivity index is 1.90. The molecule has 0 bridgehead atoms. The maximum atomic E-state index is 11.8. The second-order valence-corrected chi connectivity index (χ2v) is 5.80. The molecule has 0 spiro atoms. The number of anilines is 1. The maximum absolute atomic E-state index is 11.8. The number of halogens is 1. The average molecular weight is 351 g/mol. The highest BCUT2D eigenvalue weighted by atomic mass is 35.5. The van der Waals surface area contributed by atoms with Crippen molar-refractivity contribution in [3.05, 3.63) is 52.0 Å². The fourth-order valence-corrected chi connectivity index (χ4v) is 2.65. The van der Waals surface area contributed by atoms with Crippen LogP contribution in [0.15, 0.2) is 35.7 Å². The molecular formula is C16H15ClN2O3S. The number of aromatic nitrogens is 1. The molecule has 1 aromatic carbocycles. The van der Waals surface area contributed by atoms with Crippen molar-refractivity contribution in [3.8, 4) is 0 Å². The molecule has 0 radical (unpaired) electrons. The first-order valence-electron chi connectivity index (χ1n) is 6.91. The van der Waals surface area contributed by atoms with Gasteiger partial charge in [-0.25, -0.2) is 4.98 Å². The van der Waals surface area contributed by atoms with Crippen molar-refractivity contribution in [3.63, 3.8) is 0 Å². The van der Waals surface area contributed by atoms with E-state index in [9.17, 15) is 9.59 Å². The Kier molecular flexibility index (Phi) is 6.31. The maximum Gasteiger partial charge on any atom is 0.311 e. The molecule has 1 amide bonds. The molecule has 5 nitrogen and oxygen atoms in total. The lowest BCUT2D eigenvalue weighted by atomic mass is 10.2. The zero-order chi connectivity index (χ0) is 16.7. The average Bonchev–Trinajstić information content (AvgIpc) is 2.92. The molecule has 0 aliphatic heterocycles. The summed E-state index contributed by atoms with van der Waals surface area (Å²) in [6, 6.07) is 7.17. The summed E-state index contributed by atoms with van der Waals surface area (Å²) in [4.78, 5) is 27.4. The number of nitrogens with one attached hydrogen (secondary N) is 1. The molecule has 0 aliphatic rings. The van der Waals surface area contributed by atoms with Crippen molar-refractivity contribution in [2.24, 2.45) is 0 Å². The van der Waals surface area contributed by atoms with Crippen molar-refractivity contribution in [1.29, 1.82) is 0 Å². The van der Waals surface area contributed by atoms with Crippen LogP contribution in [0, 0.1) is 0 Å². The predicted molar refractivity (Wildman–Crippen MR) is 91.6 cm³/mol. The van der Waals surface area contributed by atoms with E-state index in [1.54, 1.807) is 30.5 Å². The molecule has 120 valence electrons. The van der Waals surface area contributed by atoms with Gasteiger partial charge in [-0.1, -0.05) is 23.7 Å². The van der Waals surface area contributed by atoms with Gasteiger partial charge in [0.25, 0.3) is 0 Å². The van der Waals surface area contributed by atoms with Gasteiger partial charge in [-0.3, -0.25) is 14.9 Å². The lowest BCUT2D eigenvalue weighted by Crippen LogP contribution is -2.09. The SMILES string of the molecule is CCOC(=O)Cc1csc(NC(=O)/C=C/c2cccc(Cl)c2)n1. The summed E-state index contributed by atoms with van der Waals surface area (Å²) in [5.41, 5.74) is 1.40. The molecule has 0 fully saturated rings. The minimum Gasteiger partial charge on any atom is -0.466 e. The van der Waals surface area contributed by atoms with Crippen LogP contribution in [-0.4, -0.2) is 23.5 Å². The van der Waals surface area contributed by atoms with Crippen LogP contribution in [0.1, 0.15) is 18.2 Å². The van der Waals surface area contributed by atoms with Gasteiger partial charge >= 0.3 is 5.97 Å². The Labute approximate surface area is 143 Å². The summed E-state index contributed by atoms with van der Waals surface area (Å²) in [6.45, 7) is 2.08. The van der Waals surface area contributed by atoms with E-state index in [4.69, 9.17) is 16.3 Å². The minimum atomic E-state index is -0.337. The first kappa shape index (κ1) is 17.2. The Morgan fingerprint density at radius 2 is 2.26 bits per heavy atom. The number of nitrogens with zero attached hydrogens (tertiary/aromatic N) is 1. The zero-order valence-electron chi connectivity index (χ0n) is 12.4. The second-order valence-electron chi connectivity index (χ2n) is 4.50. The third kappa shape index (κ3) is 5.84. The van der Waals surface area contributed by atoms with Crippen molar-refractivity contribution < 1.29 is 14.3 Å². The number of hydrogen-bond donors (Lipinski definition) is 1. The molecule has 7 heteroatoms. The van der Waals surface area contributed by atoms with Crippen LogP contribution >= 0.6 is 22.9 Å². The van der Waals surface area contributed by atoms with Gasteiger partial charge in [0.05, 0.1) is 18.7 Å². The van der Waals surface area contributed by atoms with E-state index < -0.39 is 0 Å². The monoisotopic (exact) mass is 350 g/mol. The van der Waals surface area contributed by atoms with Crippen molar-refractivity contribution in [1.82, 2.24) is 4.98 Å². The number of carbonyl (C=O) groups excluding carboxylic acids is 2. The number of amides is 1. The van der Waals surface area contributed by atoms with Crippen LogP contribution in [0.3, 0.4) is 0 Å². The molecule has 1 aromatic heterocycles. The summed E-state index contributed by atoms with van der Waals surface area (Å²) in [6.07, 6.45) is 3.16. The van der Waals surface area contributed by atoms with E-state index in [1.807, 2.05) is 12.1 Å². The van der Waals surface area contributed by atoms with Crippen molar-refractivity contribution in [2.45, 2.75) is 13.3 Å². The molecule has 1 N–H and O–H groups in total. The Bertz CT molecular complexity index is 728. The molecule has 2 aromatic rings. The molecule has 0 unspecified atom stereocenters. The highest BCUT2D eigenvalue weighted by Gasteiger charge is 2.09. The standard InChI is InChI=1S/C16H15ClN2O3S/c1-2-22-15(21)9-13-10-23-16(18-13)19-14(20)7-6-11-4-3-5-12(17)8-11/h3-8,10H,2,9H2,1H3,(H,18,19,20)/b7-6+. The number of benzene rings is 1. The molecular weight excluding hydrogens is 336 g/mol. The van der Waals surface area contributed by atoms with E-state index in [1.165, 1.54) is 17.4 Å². The summed E-state index contributed by atoms with van der Waals surface area (Å²) >= 11 is 7.13. The van der Waals surface area contributed by atoms with Crippen molar-refractivity contribution >= 4 is 46.0 Å².